The van der Waals surface area contributed by atoms with Gasteiger partial charge >= 0.3 is 5.97 Å². The van der Waals surface area contributed by atoms with Crippen LogP contribution in [0.2, 0.25) is 0 Å². The molecule has 160 valence electrons. The minimum atomic E-state index is -1.08. The van der Waals surface area contributed by atoms with Gasteiger partial charge < -0.3 is 21.5 Å². The number of aliphatic carboxylic acids is 1. The van der Waals surface area contributed by atoms with Gasteiger partial charge in [-0.3, -0.25) is 9.59 Å². The number of benzene rings is 2. The van der Waals surface area contributed by atoms with Crippen LogP contribution in [0.5, 0.6) is 0 Å². The third-order valence-corrected chi connectivity index (χ3v) is 4.85. The summed E-state index contributed by atoms with van der Waals surface area (Å²) in [6, 6.07) is 12.2. The summed E-state index contributed by atoms with van der Waals surface area (Å²) in [5.41, 5.74) is 7.82. The molecule has 0 aliphatic heterocycles. The van der Waals surface area contributed by atoms with Gasteiger partial charge in [-0.15, -0.1) is 0 Å². The quantitative estimate of drug-likeness (QED) is 0.393. The highest BCUT2D eigenvalue weighted by Crippen LogP contribution is 2.27. The van der Waals surface area contributed by atoms with Crippen LogP contribution in [0.25, 0.3) is 11.1 Å². The number of nitrogens with one attached hydrogen (secondary N) is 2. The predicted molar refractivity (Wildman–Crippen MR) is 121 cm³/mol. The fourth-order valence-corrected chi connectivity index (χ4v) is 3.09. The van der Waals surface area contributed by atoms with Crippen molar-refractivity contribution in [1.29, 1.82) is 0 Å². The SMILES string of the molecule is CC(C)C[C@H](NC(=O)c1ccc(NC(=O)[C@@H](N)CS)cc1-c1ccccc1)C(=O)O. The van der Waals surface area contributed by atoms with E-state index < -0.39 is 24.0 Å². The monoisotopic (exact) mass is 429 g/mol. The van der Waals surface area contributed by atoms with Crippen molar-refractivity contribution in [2.45, 2.75) is 32.4 Å². The topological polar surface area (TPSA) is 122 Å². The maximum atomic E-state index is 12.9. The molecule has 5 N–H and O–H groups in total. The van der Waals surface area contributed by atoms with Gasteiger partial charge in [0.25, 0.3) is 5.91 Å². The molecule has 0 aliphatic carbocycles. The highest BCUT2D eigenvalue weighted by atomic mass is 32.1. The van der Waals surface area contributed by atoms with Crippen molar-refractivity contribution in [2.75, 3.05) is 11.1 Å². The molecule has 2 rings (SSSR count). The molecule has 0 fully saturated rings. The van der Waals surface area contributed by atoms with Crippen LogP contribution >= 0.6 is 12.6 Å². The van der Waals surface area contributed by atoms with Crippen molar-refractivity contribution in [3.05, 3.63) is 54.1 Å². The lowest BCUT2D eigenvalue weighted by Gasteiger charge is -2.19. The van der Waals surface area contributed by atoms with Gasteiger partial charge in [-0.2, -0.15) is 12.6 Å². The molecule has 0 aromatic heterocycles. The van der Waals surface area contributed by atoms with Gasteiger partial charge in [-0.1, -0.05) is 44.2 Å². The number of amides is 2. The van der Waals surface area contributed by atoms with Crippen LogP contribution in [0.4, 0.5) is 5.69 Å². The van der Waals surface area contributed by atoms with Crippen molar-refractivity contribution in [2.24, 2.45) is 11.7 Å². The van der Waals surface area contributed by atoms with Crippen molar-refractivity contribution < 1.29 is 19.5 Å². The van der Waals surface area contributed by atoms with Crippen LogP contribution in [0, 0.1) is 5.92 Å². The molecule has 0 heterocycles. The number of carboxylic acids is 1. The maximum absolute atomic E-state index is 12.9. The van der Waals surface area contributed by atoms with Crippen molar-refractivity contribution in [1.82, 2.24) is 5.32 Å². The van der Waals surface area contributed by atoms with Crippen LogP contribution in [-0.4, -0.2) is 40.7 Å². The Labute approximate surface area is 181 Å². The second-order valence-electron chi connectivity index (χ2n) is 7.40. The minimum Gasteiger partial charge on any atom is -0.480 e. The molecule has 0 unspecified atom stereocenters. The Morgan fingerprint density at radius 1 is 1.10 bits per heavy atom. The third-order valence-electron chi connectivity index (χ3n) is 4.46. The Kier molecular flexibility index (Phi) is 8.44. The minimum absolute atomic E-state index is 0.105. The molecule has 2 aromatic rings. The normalized spacial score (nSPS) is 12.8. The largest absolute Gasteiger partial charge is 0.480 e. The maximum Gasteiger partial charge on any atom is 0.326 e. The lowest BCUT2D eigenvalue weighted by molar-refractivity contribution is -0.139. The average Bonchev–Trinajstić information content (AvgIpc) is 2.72. The number of carboxylic acid groups (broad SMARTS) is 1. The molecule has 7 nitrogen and oxygen atoms in total. The zero-order valence-electron chi connectivity index (χ0n) is 17.0. The highest BCUT2D eigenvalue weighted by molar-refractivity contribution is 7.80. The first kappa shape index (κ1) is 23.4. The second kappa shape index (κ2) is 10.8. The van der Waals surface area contributed by atoms with Crippen LogP contribution < -0.4 is 16.4 Å². The molecular formula is C22H27N3O4S. The van der Waals surface area contributed by atoms with Crippen molar-refractivity contribution in [3.8, 4) is 11.1 Å². The molecule has 2 amide bonds. The molecule has 0 saturated carbocycles. The van der Waals surface area contributed by atoms with Gasteiger partial charge in [0.05, 0.1) is 6.04 Å². The third kappa shape index (κ3) is 6.33. The summed E-state index contributed by atoms with van der Waals surface area (Å²) in [4.78, 5) is 36.6. The van der Waals surface area contributed by atoms with Crippen LogP contribution in [-0.2, 0) is 9.59 Å². The Morgan fingerprint density at radius 2 is 1.77 bits per heavy atom. The standard InChI is InChI=1S/C22H27N3O4S/c1-13(2)10-19(22(28)29)25-20(26)16-9-8-15(24-21(27)18(23)12-30)11-17(16)14-6-4-3-5-7-14/h3-9,11,13,18-19,30H,10,12,23H2,1-2H3,(H,24,27)(H,25,26)(H,28,29)/t18-,19-/m0/s1. The van der Waals surface area contributed by atoms with E-state index in [9.17, 15) is 19.5 Å². The molecule has 0 radical (unpaired) electrons. The van der Waals surface area contributed by atoms with Gasteiger partial charge in [0.15, 0.2) is 0 Å². The van der Waals surface area contributed by atoms with E-state index in [0.717, 1.165) is 5.56 Å². The van der Waals surface area contributed by atoms with E-state index in [1.807, 2.05) is 44.2 Å². The summed E-state index contributed by atoms with van der Waals surface area (Å²) < 4.78 is 0. The van der Waals surface area contributed by atoms with Crippen LogP contribution in [0.3, 0.4) is 0 Å². The summed E-state index contributed by atoms with van der Waals surface area (Å²) >= 11 is 4.03. The Balaban J connectivity index is 2.39. The Hall–Kier alpha value is -2.84. The van der Waals surface area contributed by atoms with Crippen molar-refractivity contribution >= 4 is 36.1 Å². The molecule has 30 heavy (non-hydrogen) atoms. The van der Waals surface area contributed by atoms with Gasteiger partial charge in [-0.25, -0.2) is 4.79 Å². The predicted octanol–water partition coefficient (Wildman–Crippen LogP) is 2.78. The molecular weight excluding hydrogens is 402 g/mol. The smallest absolute Gasteiger partial charge is 0.326 e. The summed E-state index contributed by atoms with van der Waals surface area (Å²) in [5, 5.41) is 14.8. The van der Waals surface area contributed by atoms with Gasteiger partial charge in [0.1, 0.15) is 6.04 Å². The summed E-state index contributed by atoms with van der Waals surface area (Å²) in [6.45, 7) is 3.79. The number of rotatable bonds is 9. The molecule has 8 heteroatoms. The molecule has 2 atom stereocenters. The lowest BCUT2D eigenvalue weighted by atomic mass is 9.97. The number of carbonyl (C=O) groups is 3. The highest BCUT2D eigenvalue weighted by Gasteiger charge is 2.23. The van der Waals surface area contributed by atoms with Crippen LogP contribution in [0.1, 0.15) is 30.6 Å². The molecule has 0 saturated heterocycles. The van der Waals surface area contributed by atoms with E-state index in [0.29, 0.717) is 23.2 Å². The number of thiol groups is 1. The zero-order valence-corrected chi connectivity index (χ0v) is 17.9. The average molecular weight is 430 g/mol. The second-order valence-corrected chi connectivity index (χ2v) is 7.76. The fourth-order valence-electron chi connectivity index (χ4n) is 2.92. The van der Waals surface area contributed by atoms with E-state index in [4.69, 9.17) is 5.73 Å². The van der Waals surface area contributed by atoms with Gasteiger partial charge in [0.2, 0.25) is 5.91 Å². The van der Waals surface area contributed by atoms with E-state index in [-0.39, 0.29) is 17.6 Å². The summed E-state index contributed by atoms with van der Waals surface area (Å²) in [5.74, 6) is -1.66. The van der Waals surface area contributed by atoms with Crippen LogP contribution in [0.15, 0.2) is 48.5 Å². The molecule has 2 aromatic carbocycles. The number of hydrogen-bond acceptors (Lipinski definition) is 5. The molecule has 0 aliphatic rings. The van der Waals surface area contributed by atoms with Gasteiger partial charge in [0, 0.05) is 17.0 Å². The van der Waals surface area contributed by atoms with E-state index in [1.165, 1.54) is 0 Å². The summed E-state index contributed by atoms with van der Waals surface area (Å²) in [7, 11) is 0. The fraction of sp³-hybridized carbons (Fsp3) is 0.318. The van der Waals surface area contributed by atoms with E-state index in [1.54, 1.807) is 18.2 Å². The first-order valence-electron chi connectivity index (χ1n) is 9.63. The first-order valence-corrected chi connectivity index (χ1v) is 10.3. The Bertz CT molecular complexity index is 903. The lowest BCUT2D eigenvalue weighted by Crippen LogP contribution is -2.41. The molecule has 0 bridgehead atoms. The summed E-state index contributed by atoms with van der Waals surface area (Å²) in [6.07, 6.45) is 0.317. The zero-order chi connectivity index (χ0) is 22.3. The number of carbonyl (C=O) groups excluding carboxylic acids is 2. The number of nitrogens with two attached hydrogens (primary N) is 1. The van der Waals surface area contributed by atoms with E-state index >= 15 is 0 Å². The first-order chi connectivity index (χ1) is 14.2. The van der Waals surface area contributed by atoms with Gasteiger partial charge in [-0.05, 0) is 41.7 Å². The molecule has 0 spiro atoms. The number of hydrogen-bond donors (Lipinski definition) is 5. The Morgan fingerprint density at radius 3 is 2.33 bits per heavy atom. The number of anilines is 1. The van der Waals surface area contributed by atoms with Crippen molar-refractivity contribution in [3.63, 3.8) is 0 Å². The van der Waals surface area contributed by atoms with E-state index in [2.05, 4.69) is 23.3 Å².